The second-order valence-corrected chi connectivity index (χ2v) is 2.38. The van der Waals surface area contributed by atoms with Crippen LogP contribution >= 0.6 is 11.6 Å². The Morgan fingerprint density at radius 3 is 2.91 bits per heavy atom. The standard InChI is InChI=1S/C7H7ClN2O/c1-10-5-9-7(8)6(10)3-2-4-11/h2-5H,1H3/b3-2+. The maximum absolute atomic E-state index is 9.96. The predicted octanol–water partition coefficient (Wildman–Crippen LogP) is 1.29. The molecule has 0 spiro atoms. The van der Waals surface area contributed by atoms with E-state index in [1.165, 1.54) is 6.08 Å². The number of nitrogens with zero attached hydrogens (tertiary/aromatic N) is 2. The highest BCUT2D eigenvalue weighted by Crippen LogP contribution is 2.13. The zero-order valence-electron chi connectivity index (χ0n) is 5.99. The lowest BCUT2D eigenvalue weighted by Gasteiger charge is -1.92. The number of aryl methyl sites for hydroxylation is 1. The van der Waals surface area contributed by atoms with Crippen molar-refractivity contribution in [1.82, 2.24) is 9.55 Å². The predicted molar refractivity (Wildman–Crippen MR) is 43.3 cm³/mol. The van der Waals surface area contributed by atoms with E-state index in [4.69, 9.17) is 11.6 Å². The summed E-state index contributed by atoms with van der Waals surface area (Å²) in [5.74, 6) is 0. The molecule has 1 aromatic rings. The first-order valence-electron chi connectivity index (χ1n) is 3.04. The quantitative estimate of drug-likeness (QED) is 0.495. The number of allylic oxidation sites excluding steroid dienone is 1. The molecule has 0 aliphatic rings. The molecule has 0 aliphatic carbocycles. The summed E-state index contributed by atoms with van der Waals surface area (Å²) < 4.78 is 1.74. The molecule has 0 bridgehead atoms. The summed E-state index contributed by atoms with van der Waals surface area (Å²) in [6.07, 6.45) is 5.28. The molecule has 11 heavy (non-hydrogen) atoms. The first-order valence-corrected chi connectivity index (χ1v) is 3.42. The Bertz CT molecular complexity index is 271. The summed E-state index contributed by atoms with van der Waals surface area (Å²) in [5.41, 5.74) is 0.735. The monoisotopic (exact) mass is 170 g/mol. The molecule has 0 unspecified atom stereocenters. The van der Waals surface area contributed by atoms with E-state index in [0.717, 1.165) is 5.69 Å². The van der Waals surface area contributed by atoms with E-state index in [1.807, 2.05) is 7.05 Å². The molecular formula is C7H7ClN2O. The number of hydrogen-bond acceptors (Lipinski definition) is 2. The first kappa shape index (κ1) is 8.01. The van der Waals surface area contributed by atoms with Gasteiger partial charge in [-0.05, 0) is 12.2 Å². The highest BCUT2D eigenvalue weighted by atomic mass is 35.5. The minimum absolute atomic E-state index is 0.408. The molecule has 0 amide bonds. The van der Waals surface area contributed by atoms with Crippen molar-refractivity contribution >= 4 is 24.0 Å². The number of carbonyl (C=O) groups is 1. The number of rotatable bonds is 2. The van der Waals surface area contributed by atoms with Crippen molar-refractivity contribution in [2.24, 2.45) is 7.05 Å². The summed E-state index contributed by atoms with van der Waals surface area (Å²) in [6.45, 7) is 0. The largest absolute Gasteiger partial charge is 0.333 e. The average Bonchev–Trinajstić information content (AvgIpc) is 2.29. The van der Waals surface area contributed by atoms with Gasteiger partial charge in [0, 0.05) is 7.05 Å². The Hall–Kier alpha value is -1.09. The number of hydrogen-bond donors (Lipinski definition) is 0. The molecule has 4 heteroatoms. The molecule has 0 saturated carbocycles. The van der Waals surface area contributed by atoms with E-state index >= 15 is 0 Å². The smallest absolute Gasteiger partial charge is 0.154 e. The zero-order chi connectivity index (χ0) is 8.27. The average molecular weight is 171 g/mol. The van der Waals surface area contributed by atoms with Crippen molar-refractivity contribution in [3.05, 3.63) is 23.3 Å². The van der Waals surface area contributed by atoms with E-state index in [1.54, 1.807) is 17.0 Å². The van der Waals surface area contributed by atoms with Crippen LogP contribution in [0.1, 0.15) is 5.69 Å². The number of imidazole rings is 1. The van der Waals surface area contributed by atoms with E-state index in [0.29, 0.717) is 11.4 Å². The van der Waals surface area contributed by atoms with E-state index in [-0.39, 0.29) is 0 Å². The normalized spacial score (nSPS) is 10.7. The molecule has 1 heterocycles. The Morgan fingerprint density at radius 2 is 2.45 bits per heavy atom. The van der Waals surface area contributed by atoms with Crippen LogP contribution in [0.5, 0.6) is 0 Å². The minimum Gasteiger partial charge on any atom is -0.333 e. The van der Waals surface area contributed by atoms with Gasteiger partial charge in [-0.2, -0.15) is 0 Å². The van der Waals surface area contributed by atoms with Crippen molar-refractivity contribution in [2.45, 2.75) is 0 Å². The maximum Gasteiger partial charge on any atom is 0.154 e. The minimum atomic E-state index is 0.408. The summed E-state index contributed by atoms with van der Waals surface area (Å²) >= 11 is 5.68. The zero-order valence-corrected chi connectivity index (χ0v) is 6.75. The van der Waals surface area contributed by atoms with Gasteiger partial charge in [-0.15, -0.1) is 0 Å². The first-order chi connectivity index (χ1) is 5.25. The van der Waals surface area contributed by atoms with Crippen LogP contribution in [0.4, 0.5) is 0 Å². The van der Waals surface area contributed by atoms with E-state index < -0.39 is 0 Å². The van der Waals surface area contributed by atoms with Crippen LogP contribution in [0, 0.1) is 0 Å². The van der Waals surface area contributed by atoms with Gasteiger partial charge in [0.1, 0.15) is 6.29 Å². The van der Waals surface area contributed by atoms with Gasteiger partial charge in [0.05, 0.1) is 12.0 Å². The van der Waals surface area contributed by atoms with Gasteiger partial charge in [-0.3, -0.25) is 4.79 Å². The van der Waals surface area contributed by atoms with Crippen molar-refractivity contribution < 1.29 is 4.79 Å². The molecule has 0 aliphatic heterocycles. The fraction of sp³-hybridized carbons (Fsp3) is 0.143. The van der Waals surface area contributed by atoms with Gasteiger partial charge in [0.2, 0.25) is 0 Å². The Balaban J connectivity index is 3.00. The second-order valence-electron chi connectivity index (χ2n) is 2.03. The van der Waals surface area contributed by atoms with Crippen molar-refractivity contribution in [1.29, 1.82) is 0 Å². The third kappa shape index (κ3) is 1.68. The summed E-state index contributed by atoms with van der Waals surface area (Å²) in [5, 5.41) is 0.408. The van der Waals surface area contributed by atoms with Crippen LogP contribution in [0.2, 0.25) is 5.15 Å². The van der Waals surface area contributed by atoms with E-state index in [9.17, 15) is 4.79 Å². The Labute approximate surface area is 69.3 Å². The molecule has 0 aromatic carbocycles. The fourth-order valence-electron chi connectivity index (χ4n) is 0.728. The van der Waals surface area contributed by atoms with Gasteiger partial charge < -0.3 is 4.57 Å². The van der Waals surface area contributed by atoms with Crippen LogP contribution in [0.15, 0.2) is 12.4 Å². The highest BCUT2D eigenvalue weighted by molar-refractivity contribution is 6.30. The van der Waals surface area contributed by atoms with E-state index in [2.05, 4.69) is 4.98 Å². The molecule has 0 fully saturated rings. The third-order valence-corrected chi connectivity index (χ3v) is 1.56. The van der Waals surface area contributed by atoms with Gasteiger partial charge in [0.15, 0.2) is 5.15 Å². The third-order valence-electron chi connectivity index (χ3n) is 1.27. The van der Waals surface area contributed by atoms with Crippen LogP contribution in [-0.2, 0) is 11.8 Å². The molecule has 0 atom stereocenters. The highest BCUT2D eigenvalue weighted by Gasteiger charge is 2.00. The fourth-order valence-corrected chi connectivity index (χ4v) is 0.968. The van der Waals surface area contributed by atoms with Crippen LogP contribution < -0.4 is 0 Å². The Kier molecular flexibility index (Phi) is 2.44. The number of halogens is 1. The molecule has 3 nitrogen and oxygen atoms in total. The molecule has 1 aromatic heterocycles. The van der Waals surface area contributed by atoms with Crippen LogP contribution in [0.25, 0.3) is 6.08 Å². The molecule has 0 radical (unpaired) electrons. The van der Waals surface area contributed by atoms with Gasteiger partial charge in [0.25, 0.3) is 0 Å². The van der Waals surface area contributed by atoms with Gasteiger partial charge in [-0.1, -0.05) is 11.6 Å². The Morgan fingerprint density at radius 1 is 1.73 bits per heavy atom. The van der Waals surface area contributed by atoms with Gasteiger partial charge >= 0.3 is 0 Å². The van der Waals surface area contributed by atoms with Crippen molar-refractivity contribution in [3.63, 3.8) is 0 Å². The molecular weight excluding hydrogens is 164 g/mol. The molecule has 58 valence electrons. The number of aldehydes is 1. The molecule has 1 rings (SSSR count). The van der Waals surface area contributed by atoms with Crippen molar-refractivity contribution in [2.75, 3.05) is 0 Å². The lowest BCUT2D eigenvalue weighted by atomic mass is 10.4. The SMILES string of the molecule is Cn1cnc(Cl)c1/C=C/C=O. The number of aromatic nitrogens is 2. The lowest BCUT2D eigenvalue weighted by molar-refractivity contribution is -0.104. The second kappa shape index (κ2) is 3.34. The lowest BCUT2D eigenvalue weighted by Crippen LogP contribution is -1.87. The van der Waals surface area contributed by atoms with Crippen LogP contribution in [0.3, 0.4) is 0 Å². The number of carbonyl (C=O) groups excluding carboxylic acids is 1. The molecule has 0 saturated heterocycles. The van der Waals surface area contributed by atoms with Crippen molar-refractivity contribution in [3.8, 4) is 0 Å². The van der Waals surface area contributed by atoms with Crippen LogP contribution in [-0.4, -0.2) is 15.8 Å². The topological polar surface area (TPSA) is 34.9 Å². The summed E-state index contributed by atoms with van der Waals surface area (Å²) in [7, 11) is 1.81. The molecule has 0 N–H and O–H groups in total. The summed E-state index contributed by atoms with van der Waals surface area (Å²) in [6, 6.07) is 0. The maximum atomic E-state index is 9.96. The summed E-state index contributed by atoms with van der Waals surface area (Å²) in [4.78, 5) is 13.8. The van der Waals surface area contributed by atoms with Gasteiger partial charge in [-0.25, -0.2) is 4.98 Å².